The number of hydrogen-bond acceptors (Lipinski definition) is 3. The fourth-order valence-electron chi connectivity index (χ4n) is 2.34. The Morgan fingerprint density at radius 3 is 2.12 bits per heavy atom. The first kappa shape index (κ1) is 19.0. The number of rotatable bonds is 4. The molecule has 1 fully saturated rings. The van der Waals surface area contributed by atoms with E-state index in [1.807, 2.05) is 20.8 Å². The number of benzene rings is 1. The van der Waals surface area contributed by atoms with Crippen LogP contribution in [0.15, 0.2) is 29.2 Å². The molecule has 8 heteroatoms. The van der Waals surface area contributed by atoms with Crippen molar-refractivity contribution in [1.29, 1.82) is 0 Å². The monoisotopic (exact) mass is 373 g/mol. The summed E-state index contributed by atoms with van der Waals surface area (Å²) in [7, 11) is -3.55. The Morgan fingerprint density at radius 2 is 1.62 bits per heavy atom. The van der Waals surface area contributed by atoms with Gasteiger partial charge in [0.15, 0.2) is 0 Å². The predicted molar refractivity (Wildman–Crippen MR) is 94.6 cm³/mol. The highest BCUT2D eigenvalue weighted by Gasteiger charge is 2.30. The molecule has 1 aliphatic heterocycles. The molecular formula is C16H24ClN3O3S. The Bertz CT molecular complexity index is 668. The van der Waals surface area contributed by atoms with Crippen LogP contribution in [-0.2, 0) is 10.0 Å². The molecule has 1 aromatic rings. The first-order valence-corrected chi connectivity index (χ1v) is 9.85. The molecule has 2 amide bonds. The van der Waals surface area contributed by atoms with Crippen LogP contribution in [-0.4, -0.2) is 55.9 Å². The summed E-state index contributed by atoms with van der Waals surface area (Å²) in [6, 6.07) is 6.06. The maximum Gasteiger partial charge on any atom is 0.317 e. The van der Waals surface area contributed by atoms with E-state index in [2.05, 4.69) is 5.32 Å². The van der Waals surface area contributed by atoms with Crippen molar-refractivity contribution in [2.24, 2.45) is 5.92 Å². The van der Waals surface area contributed by atoms with Crippen LogP contribution >= 0.6 is 11.6 Å². The lowest BCUT2D eigenvalue weighted by atomic mass is 10.1. The number of piperazine rings is 1. The van der Waals surface area contributed by atoms with E-state index in [0.717, 1.165) is 0 Å². The lowest BCUT2D eigenvalue weighted by Crippen LogP contribution is -2.54. The van der Waals surface area contributed by atoms with E-state index < -0.39 is 10.0 Å². The van der Waals surface area contributed by atoms with Gasteiger partial charge in [0.1, 0.15) is 0 Å². The van der Waals surface area contributed by atoms with Crippen LogP contribution in [0, 0.1) is 5.92 Å². The molecule has 1 N–H and O–H groups in total. The Hall–Kier alpha value is -1.31. The standard InChI is InChI=1S/C16H24ClN3O3S/c1-12(2)13(3)18-16(21)19-8-10-20(11-9-19)24(22,23)15-6-4-14(17)5-7-15/h4-7,12-13H,8-11H2,1-3H3,(H,18,21). The Labute approximate surface area is 148 Å². The van der Waals surface area contributed by atoms with Crippen LogP contribution < -0.4 is 5.32 Å². The van der Waals surface area contributed by atoms with Crippen molar-refractivity contribution in [2.75, 3.05) is 26.2 Å². The van der Waals surface area contributed by atoms with Gasteiger partial charge >= 0.3 is 6.03 Å². The average Bonchev–Trinajstić information content (AvgIpc) is 2.55. The maximum absolute atomic E-state index is 12.6. The minimum atomic E-state index is -3.55. The van der Waals surface area contributed by atoms with Gasteiger partial charge in [0.2, 0.25) is 10.0 Å². The van der Waals surface area contributed by atoms with E-state index in [1.165, 1.54) is 16.4 Å². The second-order valence-electron chi connectivity index (χ2n) is 6.33. The summed E-state index contributed by atoms with van der Waals surface area (Å²) in [6.45, 7) is 7.38. The topological polar surface area (TPSA) is 69.7 Å². The second-order valence-corrected chi connectivity index (χ2v) is 8.70. The summed E-state index contributed by atoms with van der Waals surface area (Å²) in [5.74, 6) is 0.348. The Morgan fingerprint density at radius 1 is 1.08 bits per heavy atom. The number of amides is 2. The van der Waals surface area contributed by atoms with Crippen LogP contribution in [0.25, 0.3) is 0 Å². The van der Waals surface area contributed by atoms with Gasteiger partial charge in [-0.15, -0.1) is 0 Å². The third-order valence-electron chi connectivity index (χ3n) is 4.33. The van der Waals surface area contributed by atoms with Crippen LogP contribution in [0.3, 0.4) is 0 Å². The largest absolute Gasteiger partial charge is 0.335 e. The van der Waals surface area contributed by atoms with E-state index in [-0.39, 0.29) is 30.1 Å². The van der Waals surface area contributed by atoms with Crippen molar-refractivity contribution < 1.29 is 13.2 Å². The number of carbonyl (C=O) groups is 1. The Kier molecular flexibility index (Phi) is 6.11. The zero-order chi connectivity index (χ0) is 17.9. The summed E-state index contributed by atoms with van der Waals surface area (Å²) < 4.78 is 26.6. The number of nitrogens with zero attached hydrogens (tertiary/aromatic N) is 2. The summed E-state index contributed by atoms with van der Waals surface area (Å²) in [6.07, 6.45) is 0. The molecule has 24 heavy (non-hydrogen) atoms. The molecule has 0 aromatic heterocycles. The van der Waals surface area contributed by atoms with Gasteiger partial charge in [-0.1, -0.05) is 25.4 Å². The molecule has 0 saturated carbocycles. The van der Waals surface area contributed by atoms with E-state index >= 15 is 0 Å². The number of hydrogen-bond donors (Lipinski definition) is 1. The first-order valence-electron chi connectivity index (χ1n) is 8.03. The van der Waals surface area contributed by atoms with Gasteiger partial charge in [0.25, 0.3) is 0 Å². The molecular weight excluding hydrogens is 350 g/mol. The van der Waals surface area contributed by atoms with E-state index in [1.54, 1.807) is 17.0 Å². The van der Waals surface area contributed by atoms with E-state index in [4.69, 9.17) is 11.6 Å². The fourth-order valence-corrected chi connectivity index (χ4v) is 3.89. The summed E-state index contributed by atoms with van der Waals surface area (Å²) >= 11 is 5.81. The number of carbonyl (C=O) groups excluding carboxylic acids is 1. The molecule has 2 rings (SSSR count). The van der Waals surface area contributed by atoms with E-state index in [0.29, 0.717) is 24.0 Å². The third kappa shape index (κ3) is 4.40. The van der Waals surface area contributed by atoms with Crippen molar-refractivity contribution in [3.8, 4) is 0 Å². The van der Waals surface area contributed by atoms with Gasteiger partial charge in [-0.25, -0.2) is 13.2 Å². The molecule has 1 heterocycles. The minimum Gasteiger partial charge on any atom is -0.335 e. The summed E-state index contributed by atoms with van der Waals surface area (Å²) in [4.78, 5) is 14.1. The Balaban J connectivity index is 1.97. The molecule has 134 valence electrons. The van der Waals surface area contributed by atoms with Gasteiger partial charge in [-0.3, -0.25) is 0 Å². The zero-order valence-electron chi connectivity index (χ0n) is 14.2. The molecule has 0 aliphatic carbocycles. The highest BCUT2D eigenvalue weighted by molar-refractivity contribution is 7.89. The van der Waals surface area contributed by atoms with Crippen LogP contribution in [0.5, 0.6) is 0 Å². The van der Waals surface area contributed by atoms with Gasteiger partial charge in [-0.2, -0.15) is 4.31 Å². The summed E-state index contributed by atoms with van der Waals surface area (Å²) in [5.41, 5.74) is 0. The average molecular weight is 374 g/mol. The SMILES string of the molecule is CC(C)C(C)NC(=O)N1CCN(S(=O)(=O)c2ccc(Cl)cc2)CC1. The molecule has 1 saturated heterocycles. The third-order valence-corrected chi connectivity index (χ3v) is 6.49. The molecule has 1 aromatic carbocycles. The minimum absolute atomic E-state index is 0.0772. The zero-order valence-corrected chi connectivity index (χ0v) is 15.8. The number of halogens is 1. The lowest BCUT2D eigenvalue weighted by molar-refractivity contribution is 0.167. The molecule has 1 aliphatic rings. The molecule has 0 spiro atoms. The van der Waals surface area contributed by atoms with Crippen molar-refractivity contribution in [1.82, 2.24) is 14.5 Å². The quantitative estimate of drug-likeness (QED) is 0.881. The van der Waals surface area contributed by atoms with Crippen molar-refractivity contribution >= 4 is 27.7 Å². The smallest absolute Gasteiger partial charge is 0.317 e. The van der Waals surface area contributed by atoms with Crippen LogP contribution in [0.4, 0.5) is 4.79 Å². The van der Waals surface area contributed by atoms with Gasteiger partial charge < -0.3 is 10.2 Å². The van der Waals surface area contributed by atoms with Crippen LogP contribution in [0.2, 0.25) is 5.02 Å². The molecule has 1 atom stereocenters. The number of urea groups is 1. The van der Waals surface area contributed by atoms with Crippen LogP contribution in [0.1, 0.15) is 20.8 Å². The molecule has 1 unspecified atom stereocenters. The second kappa shape index (κ2) is 7.72. The molecule has 0 bridgehead atoms. The normalized spacial score (nSPS) is 17.8. The van der Waals surface area contributed by atoms with Crippen molar-refractivity contribution in [3.05, 3.63) is 29.3 Å². The highest BCUT2D eigenvalue weighted by atomic mass is 35.5. The lowest BCUT2D eigenvalue weighted by Gasteiger charge is -2.35. The summed E-state index contributed by atoms with van der Waals surface area (Å²) in [5, 5.41) is 3.44. The van der Waals surface area contributed by atoms with Gasteiger partial charge in [0.05, 0.1) is 4.90 Å². The molecule has 0 radical (unpaired) electrons. The van der Waals surface area contributed by atoms with Crippen molar-refractivity contribution in [2.45, 2.75) is 31.7 Å². The number of sulfonamides is 1. The predicted octanol–water partition coefficient (Wildman–Crippen LogP) is 2.40. The van der Waals surface area contributed by atoms with Gasteiger partial charge in [0, 0.05) is 37.2 Å². The maximum atomic E-state index is 12.6. The number of nitrogens with one attached hydrogen (secondary N) is 1. The molecule has 6 nitrogen and oxygen atoms in total. The fraction of sp³-hybridized carbons (Fsp3) is 0.562. The van der Waals surface area contributed by atoms with Gasteiger partial charge in [-0.05, 0) is 37.1 Å². The first-order chi connectivity index (χ1) is 11.2. The van der Waals surface area contributed by atoms with E-state index in [9.17, 15) is 13.2 Å². The highest BCUT2D eigenvalue weighted by Crippen LogP contribution is 2.20. The van der Waals surface area contributed by atoms with Crippen molar-refractivity contribution in [3.63, 3.8) is 0 Å².